The number of carboxylic acids is 1. The fourth-order valence-corrected chi connectivity index (χ4v) is 0.636. The van der Waals surface area contributed by atoms with Gasteiger partial charge in [-0.25, -0.2) is 0 Å². The molecule has 6 heteroatoms. The molecule has 0 spiro atoms. The Morgan fingerprint density at radius 1 is 1.58 bits per heavy atom. The summed E-state index contributed by atoms with van der Waals surface area (Å²) in [5, 5.41) is 20.1. The zero-order valence-electron chi connectivity index (χ0n) is 6.45. The molecule has 0 aromatic rings. The number of hydrogen-bond donors (Lipinski definition) is 3. The first-order valence-electron chi connectivity index (χ1n) is 3.47. The van der Waals surface area contributed by atoms with Crippen molar-refractivity contribution in [3.05, 3.63) is 0 Å². The molecule has 0 aromatic carbocycles. The van der Waals surface area contributed by atoms with Crippen molar-refractivity contribution in [2.75, 3.05) is 6.54 Å². The summed E-state index contributed by atoms with van der Waals surface area (Å²) in [5.41, 5.74) is 5.14. The van der Waals surface area contributed by atoms with E-state index in [4.69, 9.17) is 10.8 Å². The van der Waals surface area contributed by atoms with Gasteiger partial charge >= 0.3 is 5.97 Å². The topological polar surface area (TPSA) is 115 Å². The van der Waals surface area contributed by atoms with E-state index in [-0.39, 0.29) is 13.0 Å². The Labute approximate surface area is 69.4 Å². The molecular formula is C6H11N2O4-. The summed E-state index contributed by atoms with van der Waals surface area (Å²) < 4.78 is 0. The minimum atomic E-state index is -1.36. The first-order chi connectivity index (χ1) is 5.54. The van der Waals surface area contributed by atoms with E-state index in [1.807, 2.05) is 5.32 Å². The summed E-state index contributed by atoms with van der Waals surface area (Å²) in [6, 6.07) is -0.923. The highest BCUT2D eigenvalue weighted by atomic mass is 16.4. The van der Waals surface area contributed by atoms with Crippen LogP contribution in [0.2, 0.25) is 0 Å². The zero-order valence-corrected chi connectivity index (χ0v) is 6.45. The Morgan fingerprint density at radius 3 is 2.58 bits per heavy atom. The second kappa shape index (κ2) is 5.36. The molecule has 0 aromatic heterocycles. The molecule has 6 nitrogen and oxygen atoms in total. The van der Waals surface area contributed by atoms with Gasteiger partial charge in [-0.05, 0) is 12.8 Å². The fourth-order valence-electron chi connectivity index (χ4n) is 0.636. The van der Waals surface area contributed by atoms with Crippen LogP contribution in [0.3, 0.4) is 0 Å². The van der Waals surface area contributed by atoms with Crippen molar-refractivity contribution in [3.63, 3.8) is 0 Å². The molecular weight excluding hydrogens is 164 g/mol. The number of carbonyl (C=O) groups is 2. The Kier molecular flexibility index (Phi) is 4.78. The highest BCUT2D eigenvalue weighted by Gasteiger charge is 2.09. The second-order valence-corrected chi connectivity index (χ2v) is 2.30. The standard InChI is InChI=1S/C6H12N2O4/c7-4(5(9)10)2-1-3-8-6(11)12/h4,8H,1-3,7H2,(H,9,10)(H,11,12)/p-1/t4-/m0/s1. The van der Waals surface area contributed by atoms with Crippen molar-refractivity contribution in [1.82, 2.24) is 5.32 Å². The van der Waals surface area contributed by atoms with Crippen molar-refractivity contribution in [1.29, 1.82) is 0 Å². The monoisotopic (exact) mass is 175 g/mol. The molecule has 12 heavy (non-hydrogen) atoms. The molecule has 0 aliphatic rings. The number of carbonyl (C=O) groups excluding carboxylic acids is 1. The molecule has 1 amide bonds. The first kappa shape index (κ1) is 10.7. The molecule has 0 heterocycles. The third kappa shape index (κ3) is 5.48. The maximum absolute atomic E-state index is 10.2. The van der Waals surface area contributed by atoms with Gasteiger partial charge in [0.15, 0.2) is 0 Å². The average molecular weight is 175 g/mol. The average Bonchev–Trinajstić information content (AvgIpc) is 1.97. The number of nitrogens with two attached hydrogens (primary N) is 1. The van der Waals surface area contributed by atoms with E-state index in [0.717, 1.165) is 0 Å². The third-order valence-corrected chi connectivity index (χ3v) is 1.28. The van der Waals surface area contributed by atoms with Crippen LogP contribution in [0.5, 0.6) is 0 Å². The van der Waals surface area contributed by atoms with E-state index < -0.39 is 18.1 Å². The Hall–Kier alpha value is -1.30. The predicted octanol–water partition coefficient (Wildman–Crippen LogP) is -1.89. The highest BCUT2D eigenvalue weighted by molar-refractivity contribution is 5.72. The molecule has 0 saturated heterocycles. The second-order valence-electron chi connectivity index (χ2n) is 2.30. The van der Waals surface area contributed by atoms with Gasteiger partial charge in [-0.1, -0.05) is 0 Å². The van der Waals surface area contributed by atoms with Crippen molar-refractivity contribution in [2.45, 2.75) is 18.9 Å². The summed E-state index contributed by atoms with van der Waals surface area (Å²) in [5.74, 6) is -1.08. The molecule has 0 aliphatic carbocycles. The van der Waals surface area contributed by atoms with Crippen LogP contribution in [-0.2, 0) is 4.79 Å². The van der Waals surface area contributed by atoms with Crippen molar-refractivity contribution in [3.8, 4) is 0 Å². The van der Waals surface area contributed by atoms with Crippen molar-refractivity contribution < 1.29 is 19.8 Å². The molecule has 0 saturated carbocycles. The highest BCUT2D eigenvalue weighted by Crippen LogP contribution is 1.92. The van der Waals surface area contributed by atoms with Crippen LogP contribution >= 0.6 is 0 Å². The van der Waals surface area contributed by atoms with Gasteiger partial charge in [0, 0.05) is 6.54 Å². The minimum Gasteiger partial charge on any atom is -0.530 e. The number of rotatable bonds is 5. The lowest BCUT2D eigenvalue weighted by molar-refractivity contribution is -0.250. The molecule has 1 atom stereocenters. The van der Waals surface area contributed by atoms with Gasteiger partial charge in [0.05, 0.1) is 0 Å². The first-order valence-corrected chi connectivity index (χ1v) is 3.47. The van der Waals surface area contributed by atoms with Crippen LogP contribution in [-0.4, -0.2) is 29.8 Å². The molecule has 0 aliphatic heterocycles. The SMILES string of the molecule is N[C@@H](CCCNC(=O)[O-])C(=O)O. The molecule has 0 bridgehead atoms. The van der Waals surface area contributed by atoms with E-state index in [2.05, 4.69) is 0 Å². The summed E-state index contributed by atoms with van der Waals surface area (Å²) in [6.45, 7) is 0.170. The van der Waals surface area contributed by atoms with Gasteiger partial charge in [0.25, 0.3) is 0 Å². The van der Waals surface area contributed by atoms with Gasteiger partial charge in [0.2, 0.25) is 0 Å². The lowest BCUT2D eigenvalue weighted by Gasteiger charge is -2.07. The maximum Gasteiger partial charge on any atom is 0.320 e. The van der Waals surface area contributed by atoms with E-state index >= 15 is 0 Å². The number of amides is 1. The van der Waals surface area contributed by atoms with Crippen LogP contribution < -0.4 is 16.2 Å². The Balaban J connectivity index is 3.31. The van der Waals surface area contributed by atoms with Gasteiger partial charge < -0.3 is 26.1 Å². The van der Waals surface area contributed by atoms with Crippen molar-refractivity contribution in [2.24, 2.45) is 5.73 Å². The summed E-state index contributed by atoms with van der Waals surface area (Å²) >= 11 is 0. The number of carboxylic acid groups (broad SMARTS) is 2. The molecule has 4 N–H and O–H groups in total. The van der Waals surface area contributed by atoms with Crippen LogP contribution in [0.1, 0.15) is 12.8 Å². The molecule has 0 rings (SSSR count). The van der Waals surface area contributed by atoms with Gasteiger partial charge in [-0.3, -0.25) is 4.79 Å². The molecule has 0 unspecified atom stereocenters. The fraction of sp³-hybridized carbons (Fsp3) is 0.667. The number of aliphatic carboxylic acids is 1. The quantitative estimate of drug-likeness (QED) is 0.422. The van der Waals surface area contributed by atoms with Gasteiger partial charge in [-0.2, -0.15) is 0 Å². The van der Waals surface area contributed by atoms with E-state index in [1.165, 1.54) is 0 Å². The molecule has 0 fully saturated rings. The Morgan fingerprint density at radius 2 is 2.17 bits per heavy atom. The summed E-state index contributed by atoms with van der Waals surface area (Å²) in [4.78, 5) is 20.0. The van der Waals surface area contributed by atoms with Gasteiger partial charge in [-0.15, -0.1) is 0 Å². The lowest BCUT2D eigenvalue weighted by atomic mass is 10.2. The molecule has 0 radical (unpaired) electrons. The summed E-state index contributed by atoms with van der Waals surface area (Å²) in [6.07, 6.45) is -0.726. The summed E-state index contributed by atoms with van der Waals surface area (Å²) in [7, 11) is 0. The maximum atomic E-state index is 10.2. The lowest BCUT2D eigenvalue weighted by Crippen LogP contribution is -2.38. The zero-order chi connectivity index (χ0) is 9.56. The smallest absolute Gasteiger partial charge is 0.320 e. The van der Waals surface area contributed by atoms with Crippen LogP contribution in [0.4, 0.5) is 4.79 Å². The van der Waals surface area contributed by atoms with E-state index in [9.17, 15) is 14.7 Å². The minimum absolute atomic E-state index is 0.170. The normalized spacial score (nSPS) is 12.1. The van der Waals surface area contributed by atoms with Gasteiger partial charge in [0.1, 0.15) is 12.1 Å². The van der Waals surface area contributed by atoms with Crippen molar-refractivity contribution >= 4 is 12.1 Å². The molecule has 70 valence electrons. The van der Waals surface area contributed by atoms with Crippen LogP contribution in [0.15, 0.2) is 0 Å². The third-order valence-electron chi connectivity index (χ3n) is 1.28. The van der Waals surface area contributed by atoms with Crippen LogP contribution in [0, 0.1) is 0 Å². The Bertz CT molecular complexity index is 171. The van der Waals surface area contributed by atoms with E-state index in [1.54, 1.807) is 0 Å². The largest absolute Gasteiger partial charge is 0.530 e. The number of hydrogen-bond acceptors (Lipinski definition) is 4. The number of nitrogens with one attached hydrogen (secondary N) is 1. The predicted molar refractivity (Wildman–Crippen MR) is 38.2 cm³/mol. The van der Waals surface area contributed by atoms with E-state index in [0.29, 0.717) is 6.42 Å². The van der Waals surface area contributed by atoms with Crippen LogP contribution in [0.25, 0.3) is 0 Å².